The minimum atomic E-state index is 0.573. The van der Waals surface area contributed by atoms with Gasteiger partial charge in [-0.05, 0) is 103 Å². The Morgan fingerprint density at radius 1 is 0.300 bits per heavy atom. The van der Waals surface area contributed by atoms with Crippen molar-refractivity contribution < 1.29 is 0 Å². The first-order valence-corrected chi connectivity index (χ1v) is 23.7. The number of nitrogens with zero attached hydrogens (tertiary/aromatic N) is 6. The summed E-state index contributed by atoms with van der Waals surface area (Å²) in [5, 5.41) is 4.70. The highest BCUT2D eigenvalue weighted by Gasteiger charge is 2.23. The summed E-state index contributed by atoms with van der Waals surface area (Å²) in [6.07, 6.45) is 1.91. The molecule has 4 heterocycles. The molecule has 330 valence electrons. The number of benzene rings is 9. The molecule has 0 atom stereocenters. The third kappa shape index (κ3) is 7.04. The van der Waals surface area contributed by atoms with Crippen LogP contribution in [0.25, 0.3) is 123 Å². The van der Waals surface area contributed by atoms with E-state index in [4.69, 9.17) is 19.9 Å². The third-order valence-electron chi connectivity index (χ3n) is 13.6. The minimum Gasteiger partial charge on any atom is -0.309 e. The summed E-state index contributed by atoms with van der Waals surface area (Å²) >= 11 is 0. The van der Waals surface area contributed by atoms with Crippen molar-refractivity contribution in [3.8, 4) is 79.0 Å². The predicted octanol–water partition coefficient (Wildman–Crippen LogP) is 16.1. The van der Waals surface area contributed by atoms with Gasteiger partial charge in [0.1, 0.15) is 0 Å². The first kappa shape index (κ1) is 41.0. The molecule has 0 saturated heterocycles. The van der Waals surface area contributed by atoms with E-state index >= 15 is 0 Å². The average Bonchev–Trinajstić information content (AvgIpc) is 3.93. The minimum absolute atomic E-state index is 0.573. The van der Waals surface area contributed by atoms with Gasteiger partial charge in [0.2, 0.25) is 0 Å². The first-order valence-electron chi connectivity index (χ1n) is 23.7. The van der Waals surface area contributed by atoms with E-state index in [1.54, 1.807) is 0 Å². The Morgan fingerprint density at radius 3 is 1.26 bits per heavy atom. The summed E-state index contributed by atoms with van der Waals surface area (Å²) in [5.74, 6) is 1.79. The van der Waals surface area contributed by atoms with E-state index in [0.29, 0.717) is 17.5 Å². The van der Waals surface area contributed by atoms with Crippen molar-refractivity contribution in [2.24, 2.45) is 0 Å². The molecule has 0 aliphatic heterocycles. The molecule has 0 N–H and O–H groups in total. The number of rotatable bonds is 8. The maximum Gasteiger partial charge on any atom is 0.164 e. The molecule has 6 heteroatoms. The van der Waals surface area contributed by atoms with Gasteiger partial charge in [0.25, 0.3) is 0 Å². The first-order chi connectivity index (χ1) is 34.5. The molecular weight excluding hydrogens is 853 g/mol. The van der Waals surface area contributed by atoms with Crippen molar-refractivity contribution in [3.63, 3.8) is 0 Å². The fraction of sp³-hybridized carbons (Fsp3) is 0.0312. The smallest absolute Gasteiger partial charge is 0.164 e. The van der Waals surface area contributed by atoms with Gasteiger partial charge in [-0.1, -0.05) is 169 Å². The van der Waals surface area contributed by atoms with E-state index in [1.165, 1.54) is 54.9 Å². The molecule has 13 aromatic rings. The monoisotopic (exact) mass is 896 g/mol. The Hall–Kier alpha value is -9.26. The summed E-state index contributed by atoms with van der Waals surface area (Å²) in [7, 11) is 0. The number of aryl methyl sites for hydroxylation is 2. The normalized spacial score (nSPS) is 11.6. The Labute approximate surface area is 405 Å². The highest BCUT2D eigenvalue weighted by atomic mass is 15.0. The zero-order valence-corrected chi connectivity index (χ0v) is 38.6. The molecule has 0 amide bonds. The SMILES string of the molecule is Cc1ccc(-c2ccc3c(c2)c2ccccc2n3-c2ccc(-c3nc(-c4ccccc4)nc(-c4ccccc4)n3)cc2-c2ncccc2-n2c3ccccc3c3cc(-c4ccc(C)cc4)ccc32)cc1. The fourth-order valence-electron chi connectivity index (χ4n) is 10.1. The molecule has 0 spiro atoms. The Morgan fingerprint density at radius 2 is 0.729 bits per heavy atom. The maximum absolute atomic E-state index is 5.36. The lowest BCUT2D eigenvalue weighted by Gasteiger charge is -2.19. The van der Waals surface area contributed by atoms with Gasteiger partial charge in [0.05, 0.1) is 39.1 Å². The Kier molecular flexibility index (Phi) is 9.84. The molecule has 0 aliphatic carbocycles. The topological polar surface area (TPSA) is 61.4 Å². The Balaban J connectivity index is 1.08. The van der Waals surface area contributed by atoms with E-state index < -0.39 is 0 Å². The molecule has 0 unspecified atom stereocenters. The Bertz CT molecular complexity index is 4060. The highest BCUT2D eigenvalue weighted by Crippen LogP contribution is 2.43. The van der Waals surface area contributed by atoms with Crippen LogP contribution in [0.4, 0.5) is 0 Å². The molecule has 6 nitrogen and oxygen atoms in total. The fourth-order valence-corrected chi connectivity index (χ4v) is 10.1. The van der Waals surface area contributed by atoms with Crippen LogP contribution in [0.5, 0.6) is 0 Å². The average molecular weight is 897 g/mol. The summed E-state index contributed by atoms with van der Waals surface area (Å²) < 4.78 is 4.78. The molecule has 0 fully saturated rings. The molecule has 0 saturated carbocycles. The second kappa shape index (κ2) is 16.8. The van der Waals surface area contributed by atoms with Gasteiger partial charge in [0.15, 0.2) is 17.5 Å². The van der Waals surface area contributed by atoms with Gasteiger partial charge < -0.3 is 9.13 Å². The third-order valence-corrected chi connectivity index (χ3v) is 13.6. The standard InChI is InChI=1S/C64H44N6/c1-41-23-27-43(28-24-41)47-31-34-57-52(38-47)50-18-9-11-20-55(50)69(57)59-36-33-49(64-67-62(45-14-5-3-6-15-45)66-63(68-64)46-16-7-4-8-17-46)40-54(59)61-60(22-13-37-65-61)70-56-21-12-10-19-51(56)53-39-48(32-35-58(53)70)44-29-25-42(2)26-30-44/h3-40H,1-2H3. The molecule has 9 aromatic carbocycles. The largest absolute Gasteiger partial charge is 0.309 e. The second-order valence-corrected chi connectivity index (χ2v) is 18.0. The van der Waals surface area contributed by atoms with Crippen LogP contribution in [0.2, 0.25) is 0 Å². The lowest BCUT2D eigenvalue weighted by Crippen LogP contribution is -2.04. The molecular formula is C64H44N6. The summed E-state index contributed by atoms with van der Waals surface area (Å²) in [5.41, 5.74) is 18.0. The van der Waals surface area contributed by atoms with E-state index in [2.05, 4.69) is 181 Å². The van der Waals surface area contributed by atoms with Gasteiger partial charge in [-0.2, -0.15) is 0 Å². The van der Waals surface area contributed by atoms with Crippen molar-refractivity contribution >= 4 is 43.6 Å². The molecule has 0 aliphatic rings. The van der Waals surface area contributed by atoms with Gasteiger partial charge in [0, 0.05) is 50.0 Å². The van der Waals surface area contributed by atoms with Crippen molar-refractivity contribution in [3.05, 3.63) is 242 Å². The maximum atomic E-state index is 5.36. The van der Waals surface area contributed by atoms with Crippen molar-refractivity contribution in [2.75, 3.05) is 0 Å². The van der Waals surface area contributed by atoms with Crippen molar-refractivity contribution in [1.29, 1.82) is 0 Å². The molecule has 4 aromatic heterocycles. The van der Waals surface area contributed by atoms with Gasteiger partial charge >= 0.3 is 0 Å². The quantitative estimate of drug-likeness (QED) is 0.152. The lowest BCUT2D eigenvalue weighted by atomic mass is 10.0. The number of para-hydroxylation sites is 2. The van der Waals surface area contributed by atoms with Crippen LogP contribution in [0, 0.1) is 13.8 Å². The zero-order valence-electron chi connectivity index (χ0n) is 38.6. The second-order valence-electron chi connectivity index (χ2n) is 18.0. The van der Waals surface area contributed by atoms with Crippen LogP contribution < -0.4 is 0 Å². The van der Waals surface area contributed by atoms with Crippen LogP contribution in [0.1, 0.15) is 11.1 Å². The van der Waals surface area contributed by atoms with Crippen LogP contribution in [0.3, 0.4) is 0 Å². The van der Waals surface area contributed by atoms with E-state index in [-0.39, 0.29) is 0 Å². The van der Waals surface area contributed by atoms with Gasteiger partial charge in [-0.3, -0.25) is 4.98 Å². The summed E-state index contributed by atoms with van der Waals surface area (Å²) in [6.45, 7) is 4.26. The zero-order chi connectivity index (χ0) is 46.7. The molecule has 13 rings (SSSR count). The number of fused-ring (bicyclic) bond motifs is 6. The summed E-state index contributed by atoms with van der Waals surface area (Å²) in [6, 6.07) is 79.8. The molecule has 0 bridgehead atoms. The van der Waals surface area contributed by atoms with E-state index in [1.807, 2.05) is 72.9 Å². The molecule has 0 radical (unpaired) electrons. The van der Waals surface area contributed by atoms with Gasteiger partial charge in [-0.15, -0.1) is 0 Å². The predicted molar refractivity (Wildman–Crippen MR) is 288 cm³/mol. The van der Waals surface area contributed by atoms with Gasteiger partial charge in [-0.25, -0.2) is 15.0 Å². The lowest BCUT2D eigenvalue weighted by molar-refractivity contribution is 1.07. The van der Waals surface area contributed by atoms with Crippen LogP contribution >= 0.6 is 0 Å². The number of aromatic nitrogens is 6. The van der Waals surface area contributed by atoms with Crippen LogP contribution in [0.15, 0.2) is 231 Å². The highest BCUT2D eigenvalue weighted by molar-refractivity contribution is 6.12. The van der Waals surface area contributed by atoms with Crippen molar-refractivity contribution in [1.82, 2.24) is 29.1 Å². The molecule has 70 heavy (non-hydrogen) atoms. The number of pyridine rings is 1. The van der Waals surface area contributed by atoms with Crippen molar-refractivity contribution in [2.45, 2.75) is 13.8 Å². The number of hydrogen-bond acceptors (Lipinski definition) is 4. The van der Waals surface area contributed by atoms with Crippen LogP contribution in [-0.2, 0) is 0 Å². The summed E-state index contributed by atoms with van der Waals surface area (Å²) in [4.78, 5) is 20.8. The number of hydrogen-bond donors (Lipinski definition) is 0. The van der Waals surface area contributed by atoms with E-state index in [0.717, 1.165) is 61.4 Å². The van der Waals surface area contributed by atoms with Crippen LogP contribution in [-0.4, -0.2) is 29.1 Å². The van der Waals surface area contributed by atoms with E-state index in [9.17, 15) is 0 Å².